The fourth-order valence-corrected chi connectivity index (χ4v) is 3.91. The van der Waals surface area contributed by atoms with Crippen molar-refractivity contribution in [2.24, 2.45) is 0 Å². The summed E-state index contributed by atoms with van der Waals surface area (Å²) in [6, 6.07) is 14.0. The number of ether oxygens (including phenoxy) is 2. The van der Waals surface area contributed by atoms with Crippen LogP contribution in [0, 0.1) is 0 Å². The van der Waals surface area contributed by atoms with Gasteiger partial charge < -0.3 is 9.47 Å². The summed E-state index contributed by atoms with van der Waals surface area (Å²) in [4.78, 5) is 20.5. The Balaban J connectivity index is 1.39. The van der Waals surface area contributed by atoms with Gasteiger partial charge in [0.05, 0.1) is 11.2 Å². The van der Waals surface area contributed by atoms with E-state index in [-0.39, 0.29) is 11.6 Å². The Hall–Kier alpha value is -2.60. The van der Waals surface area contributed by atoms with Gasteiger partial charge in [-0.25, -0.2) is 4.79 Å². The van der Waals surface area contributed by atoms with Crippen molar-refractivity contribution in [3.63, 3.8) is 0 Å². The molecule has 27 heavy (non-hydrogen) atoms. The average Bonchev–Trinajstić information content (AvgIpc) is 3.04. The lowest BCUT2D eigenvalue weighted by Gasteiger charge is -2.44. The SMILES string of the molecule is CCC12COC(=O)N1CCN(Cc1cccc(OCc3ccccn3)c1)C2. The third-order valence-corrected chi connectivity index (χ3v) is 5.49. The molecule has 4 rings (SSSR count). The van der Waals surface area contributed by atoms with Gasteiger partial charge in [-0.1, -0.05) is 25.1 Å². The number of pyridine rings is 1. The fourth-order valence-electron chi connectivity index (χ4n) is 3.91. The fraction of sp³-hybridized carbons (Fsp3) is 0.429. The van der Waals surface area contributed by atoms with E-state index in [1.807, 2.05) is 35.2 Å². The number of fused-ring (bicyclic) bond motifs is 1. The van der Waals surface area contributed by atoms with Crippen LogP contribution in [0.15, 0.2) is 48.7 Å². The Morgan fingerprint density at radius 2 is 2.15 bits per heavy atom. The molecule has 1 unspecified atom stereocenters. The van der Waals surface area contributed by atoms with Gasteiger partial charge in [-0.2, -0.15) is 0 Å². The highest BCUT2D eigenvalue weighted by molar-refractivity contribution is 5.71. The van der Waals surface area contributed by atoms with Crippen molar-refractivity contribution in [1.82, 2.24) is 14.8 Å². The van der Waals surface area contributed by atoms with E-state index in [9.17, 15) is 4.79 Å². The van der Waals surface area contributed by atoms with Crippen LogP contribution in [0.3, 0.4) is 0 Å². The van der Waals surface area contributed by atoms with Gasteiger partial charge in [0.1, 0.15) is 19.0 Å². The lowest BCUT2D eigenvalue weighted by atomic mass is 9.92. The normalized spacial score (nSPS) is 22.4. The molecule has 0 N–H and O–H groups in total. The number of hydrogen-bond donors (Lipinski definition) is 0. The zero-order chi connectivity index (χ0) is 18.7. The van der Waals surface area contributed by atoms with Crippen LogP contribution in [0.4, 0.5) is 4.79 Å². The second-order valence-corrected chi connectivity index (χ2v) is 7.25. The molecule has 1 aromatic heterocycles. The lowest BCUT2D eigenvalue weighted by molar-refractivity contribution is 0.0449. The van der Waals surface area contributed by atoms with Crippen LogP contribution in [0.1, 0.15) is 24.6 Å². The summed E-state index contributed by atoms with van der Waals surface area (Å²) < 4.78 is 11.2. The Kier molecular flexibility index (Phi) is 4.99. The van der Waals surface area contributed by atoms with Crippen molar-refractivity contribution in [1.29, 1.82) is 0 Å². The molecule has 2 aromatic rings. The molecular formula is C21H25N3O3. The van der Waals surface area contributed by atoms with Gasteiger partial charge in [-0.3, -0.25) is 14.8 Å². The Bertz CT molecular complexity index is 798. The molecule has 0 aliphatic carbocycles. The first kappa shape index (κ1) is 17.8. The quantitative estimate of drug-likeness (QED) is 0.785. The molecule has 2 fully saturated rings. The highest BCUT2D eigenvalue weighted by Gasteiger charge is 2.49. The molecule has 142 valence electrons. The van der Waals surface area contributed by atoms with Crippen LogP contribution in [0.5, 0.6) is 5.75 Å². The van der Waals surface area contributed by atoms with Gasteiger partial charge in [0.15, 0.2) is 0 Å². The summed E-state index contributed by atoms with van der Waals surface area (Å²) in [6.45, 7) is 6.34. The number of carbonyl (C=O) groups excluding carboxylic acids is 1. The van der Waals surface area contributed by atoms with E-state index in [2.05, 4.69) is 28.9 Å². The number of rotatable bonds is 6. The van der Waals surface area contributed by atoms with Crippen molar-refractivity contribution in [2.75, 3.05) is 26.2 Å². The summed E-state index contributed by atoms with van der Waals surface area (Å²) in [6.07, 6.45) is 2.51. The van der Waals surface area contributed by atoms with Gasteiger partial charge in [0.25, 0.3) is 0 Å². The van der Waals surface area contributed by atoms with Crippen molar-refractivity contribution in [2.45, 2.75) is 32.0 Å². The van der Waals surface area contributed by atoms with Gasteiger partial charge >= 0.3 is 6.09 Å². The highest BCUT2D eigenvalue weighted by Crippen LogP contribution is 2.32. The number of benzene rings is 1. The molecular weight excluding hydrogens is 342 g/mol. The molecule has 3 heterocycles. The monoisotopic (exact) mass is 367 g/mol. The Morgan fingerprint density at radius 1 is 1.22 bits per heavy atom. The molecule has 6 nitrogen and oxygen atoms in total. The smallest absolute Gasteiger partial charge is 0.410 e. The first-order valence-corrected chi connectivity index (χ1v) is 9.47. The maximum absolute atomic E-state index is 11.9. The van der Waals surface area contributed by atoms with E-state index in [0.717, 1.165) is 44.0 Å². The molecule has 6 heteroatoms. The Morgan fingerprint density at radius 3 is 2.96 bits per heavy atom. The molecule has 1 amide bonds. The van der Waals surface area contributed by atoms with Crippen molar-refractivity contribution in [3.8, 4) is 5.75 Å². The maximum Gasteiger partial charge on any atom is 0.410 e. The number of hydrogen-bond acceptors (Lipinski definition) is 5. The number of amides is 1. The van der Waals surface area contributed by atoms with Crippen LogP contribution >= 0.6 is 0 Å². The summed E-state index contributed by atoms with van der Waals surface area (Å²) in [7, 11) is 0. The van der Waals surface area contributed by atoms with Crippen LogP contribution < -0.4 is 4.74 Å². The second kappa shape index (κ2) is 7.56. The zero-order valence-corrected chi connectivity index (χ0v) is 15.6. The van der Waals surface area contributed by atoms with Crippen molar-refractivity contribution < 1.29 is 14.3 Å². The lowest BCUT2D eigenvalue weighted by Crippen LogP contribution is -2.60. The second-order valence-electron chi connectivity index (χ2n) is 7.25. The molecule has 2 aliphatic rings. The van der Waals surface area contributed by atoms with Crippen LogP contribution in [0.2, 0.25) is 0 Å². The minimum Gasteiger partial charge on any atom is -0.487 e. The Labute approximate surface area is 159 Å². The van der Waals surface area contributed by atoms with E-state index in [4.69, 9.17) is 9.47 Å². The zero-order valence-electron chi connectivity index (χ0n) is 15.6. The maximum atomic E-state index is 11.9. The van der Waals surface area contributed by atoms with E-state index in [1.165, 1.54) is 5.56 Å². The highest BCUT2D eigenvalue weighted by atomic mass is 16.6. The number of piperazine rings is 1. The first-order chi connectivity index (χ1) is 13.2. The van der Waals surface area contributed by atoms with Gasteiger partial charge in [0.2, 0.25) is 0 Å². The number of nitrogens with zero attached hydrogens (tertiary/aromatic N) is 3. The summed E-state index contributed by atoms with van der Waals surface area (Å²) in [5, 5.41) is 0. The molecule has 0 spiro atoms. The predicted octanol–water partition coefficient (Wildman–Crippen LogP) is 3.08. The molecule has 1 atom stereocenters. The minimum atomic E-state index is -0.178. The molecule has 0 bridgehead atoms. The van der Waals surface area contributed by atoms with Crippen LogP contribution in [-0.2, 0) is 17.9 Å². The molecule has 0 saturated carbocycles. The molecule has 2 saturated heterocycles. The topological polar surface area (TPSA) is 54.9 Å². The number of cyclic esters (lactones) is 1. The summed E-state index contributed by atoms with van der Waals surface area (Å²) in [5.74, 6) is 0.848. The van der Waals surface area contributed by atoms with Crippen LogP contribution in [0.25, 0.3) is 0 Å². The molecule has 1 aromatic carbocycles. The first-order valence-electron chi connectivity index (χ1n) is 9.47. The van der Waals surface area contributed by atoms with E-state index in [1.54, 1.807) is 6.20 Å². The van der Waals surface area contributed by atoms with Gasteiger partial charge in [-0.05, 0) is 36.2 Å². The third-order valence-electron chi connectivity index (χ3n) is 5.49. The van der Waals surface area contributed by atoms with Gasteiger partial charge in [-0.15, -0.1) is 0 Å². The average molecular weight is 367 g/mol. The minimum absolute atomic E-state index is 0.165. The predicted molar refractivity (Wildman–Crippen MR) is 101 cm³/mol. The summed E-state index contributed by atoms with van der Waals surface area (Å²) in [5.41, 5.74) is 1.94. The number of carbonyl (C=O) groups is 1. The molecule has 2 aliphatic heterocycles. The standard InChI is InChI=1S/C21H25N3O3/c1-2-21-15-23(10-11-24(21)20(25)27-16-21)13-17-6-5-8-19(12-17)26-14-18-7-3-4-9-22-18/h3-9,12H,2,10-11,13-16H2,1H3. The van der Waals surface area contributed by atoms with E-state index >= 15 is 0 Å². The van der Waals surface area contributed by atoms with E-state index < -0.39 is 0 Å². The van der Waals surface area contributed by atoms with Gasteiger partial charge in [0, 0.05) is 32.4 Å². The largest absolute Gasteiger partial charge is 0.487 e. The van der Waals surface area contributed by atoms with E-state index in [0.29, 0.717) is 13.2 Å². The molecule has 0 radical (unpaired) electrons. The third kappa shape index (κ3) is 3.76. The summed E-state index contributed by atoms with van der Waals surface area (Å²) >= 11 is 0. The van der Waals surface area contributed by atoms with Crippen LogP contribution in [-0.4, -0.2) is 52.7 Å². The van der Waals surface area contributed by atoms with Crippen molar-refractivity contribution >= 4 is 6.09 Å². The van der Waals surface area contributed by atoms with Crippen molar-refractivity contribution in [3.05, 3.63) is 59.9 Å². The number of aromatic nitrogens is 1.